The first-order chi connectivity index (χ1) is 8.42. The van der Waals surface area contributed by atoms with Crippen LogP contribution in [0.1, 0.15) is 22.6 Å². The number of fused-ring (bicyclic) bond motifs is 1. The van der Waals surface area contributed by atoms with Crippen LogP contribution < -0.4 is 5.32 Å². The highest BCUT2D eigenvalue weighted by Crippen LogP contribution is 2.12. The predicted molar refractivity (Wildman–Crippen MR) is 66.4 cm³/mol. The molecule has 2 heterocycles. The Bertz CT molecular complexity index is 508. The van der Waals surface area contributed by atoms with Crippen LogP contribution in [0.15, 0.2) is 36.5 Å². The van der Waals surface area contributed by atoms with Gasteiger partial charge >= 0.3 is 0 Å². The quantitative estimate of drug-likeness (QED) is 0.866. The van der Waals surface area contributed by atoms with E-state index in [4.69, 9.17) is 0 Å². The van der Waals surface area contributed by atoms with E-state index in [9.17, 15) is 0 Å². The molecule has 0 unspecified atom stereocenters. The van der Waals surface area contributed by atoms with Crippen LogP contribution in [0.25, 0.3) is 0 Å². The van der Waals surface area contributed by atoms with E-state index in [-0.39, 0.29) is 0 Å². The van der Waals surface area contributed by atoms with Crippen molar-refractivity contribution in [3.63, 3.8) is 0 Å². The molecule has 2 aromatic rings. The molecule has 1 N–H and O–H groups in total. The number of nitrogens with zero attached hydrogens (tertiary/aromatic N) is 2. The van der Waals surface area contributed by atoms with Gasteiger partial charge in [0.05, 0.1) is 5.69 Å². The molecule has 3 nitrogen and oxygen atoms in total. The fourth-order valence-corrected chi connectivity index (χ4v) is 2.12. The Balaban J connectivity index is 1.70. The number of hydrogen-bond donors (Lipinski definition) is 1. The topological polar surface area (TPSA) is 37.8 Å². The SMILES string of the molecule is c1ccc(CCc2ncc3c(n2)CNC3)cc1. The average molecular weight is 225 g/mol. The molecule has 0 atom stereocenters. The Morgan fingerprint density at radius 3 is 2.82 bits per heavy atom. The van der Waals surface area contributed by atoms with Crippen molar-refractivity contribution in [3.05, 3.63) is 59.2 Å². The van der Waals surface area contributed by atoms with Crippen molar-refractivity contribution in [3.8, 4) is 0 Å². The Morgan fingerprint density at radius 1 is 1.06 bits per heavy atom. The van der Waals surface area contributed by atoms with E-state index in [1.807, 2.05) is 12.3 Å². The van der Waals surface area contributed by atoms with E-state index in [2.05, 4.69) is 39.6 Å². The summed E-state index contributed by atoms with van der Waals surface area (Å²) in [6, 6.07) is 10.5. The highest BCUT2D eigenvalue weighted by atomic mass is 15.0. The standard InChI is InChI=1S/C14H15N3/c1-2-4-11(5-3-1)6-7-14-16-9-12-8-15-10-13(12)17-14/h1-5,9,15H,6-8,10H2. The average Bonchev–Trinajstić information content (AvgIpc) is 2.85. The van der Waals surface area contributed by atoms with Gasteiger partial charge in [0.2, 0.25) is 0 Å². The summed E-state index contributed by atoms with van der Waals surface area (Å²) >= 11 is 0. The van der Waals surface area contributed by atoms with Crippen LogP contribution in [0.2, 0.25) is 0 Å². The minimum atomic E-state index is 0.885. The molecule has 0 radical (unpaired) electrons. The predicted octanol–water partition coefficient (Wildman–Crippen LogP) is 1.86. The maximum Gasteiger partial charge on any atom is 0.128 e. The van der Waals surface area contributed by atoms with Crippen molar-refractivity contribution < 1.29 is 0 Å². The van der Waals surface area contributed by atoms with Gasteiger partial charge in [-0.25, -0.2) is 9.97 Å². The maximum atomic E-state index is 4.59. The number of hydrogen-bond acceptors (Lipinski definition) is 3. The summed E-state index contributed by atoms with van der Waals surface area (Å²) in [4.78, 5) is 9.01. The van der Waals surface area contributed by atoms with Gasteiger partial charge in [-0.1, -0.05) is 30.3 Å². The summed E-state index contributed by atoms with van der Waals surface area (Å²) in [5.41, 5.74) is 3.76. The van der Waals surface area contributed by atoms with E-state index in [1.54, 1.807) is 0 Å². The van der Waals surface area contributed by atoms with Crippen molar-refractivity contribution in [1.29, 1.82) is 0 Å². The van der Waals surface area contributed by atoms with Crippen LogP contribution in [0.4, 0.5) is 0 Å². The summed E-state index contributed by atoms with van der Waals surface area (Å²) in [5, 5.41) is 3.29. The van der Waals surface area contributed by atoms with Gasteiger partial charge in [-0.2, -0.15) is 0 Å². The number of aryl methyl sites for hydroxylation is 2. The smallest absolute Gasteiger partial charge is 0.128 e. The van der Waals surface area contributed by atoms with Gasteiger partial charge in [-0.3, -0.25) is 0 Å². The summed E-state index contributed by atoms with van der Waals surface area (Å²) in [6.45, 7) is 1.80. The number of nitrogens with one attached hydrogen (secondary N) is 1. The molecule has 0 aliphatic carbocycles. The molecule has 17 heavy (non-hydrogen) atoms. The molecule has 1 aliphatic heterocycles. The third-order valence-electron chi connectivity index (χ3n) is 3.09. The van der Waals surface area contributed by atoms with E-state index >= 15 is 0 Å². The van der Waals surface area contributed by atoms with Gasteiger partial charge in [-0.15, -0.1) is 0 Å². The number of rotatable bonds is 3. The lowest BCUT2D eigenvalue weighted by molar-refractivity contribution is 0.754. The Hall–Kier alpha value is -1.74. The third kappa shape index (κ3) is 2.34. The van der Waals surface area contributed by atoms with Crippen molar-refractivity contribution in [2.24, 2.45) is 0 Å². The summed E-state index contributed by atoms with van der Waals surface area (Å²) in [7, 11) is 0. The molecule has 0 fully saturated rings. The molecule has 1 aromatic carbocycles. The molecule has 0 saturated heterocycles. The zero-order valence-corrected chi connectivity index (χ0v) is 9.69. The van der Waals surface area contributed by atoms with E-state index in [0.29, 0.717) is 0 Å². The molecule has 0 amide bonds. The fourth-order valence-electron chi connectivity index (χ4n) is 2.12. The summed E-state index contributed by atoms with van der Waals surface area (Å²) < 4.78 is 0. The van der Waals surface area contributed by atoms with E-state index in [0.717, 1.165) is 31.8 Å². The highest BCUT2D eigenvalue weighted by Gasteiger charge is 2.12. The second-order valence-corrected chi connectivity index (χ2v) is 4.35. The minimum absolute atomic E-state index is 0.885. The Kier molecular flexibility index (Phi) is 2.84. The van der Waals surface area contributed by atoms with Crippen LogP contribution in [0.5, 0.6) is 0 Å². The number of aromatic nitrogens is 2. The first kappa shape index (κ1) is 10.4. The molecule has 1 aromatic heterocycles. The molecule has 0 saturated carbocycles. The van der Waals surface area contributed by atoms with Crippen LogP contribution >= 0.6 is 0 Å². The van der Waals surface area contributed by atoms with Crippen LogP contribution in [0, 0.1) is 0 Å². The van der Waals surface area contributed by atoms with Crippen LogP contribution in [0.3, 0.4) is 0 Å². The molecular weight excluding hydrogens is 210 g/mol. The number of benzene rings is 1. The summed E-state index contributed by atoms with van der Waals surface area (Å²) in [6.07, 6.45) is 3.88. The Labute approximate surface area is 101 Å². The molecule has 0 bridgehead atoms. The van der Waals surface area contributed by atoms with Gasteiger partial charge < -0.3 is 5.32 Å². The molecular formula is C14H15N3. The lowest BCUT2D eigenvalue weighted by atomic mass is 10.1. The largest absolute Gasteiger partial charge is 0.307 e. The van der Waals surface area contributed by atoms with Gasteiger partial charge in [0, 0.05) is 31.3 Å². The molecule has 0 spiro atoms. The second-order valence-electron chi connectivity index (χ2n) is 4.35. The molecule has 3 heteroatoms. The molecule has 86 valence electrons. The first-order valence-corrected chi connectivity index (χ1v) is 6.00. The fraction of sp³-hybridized carbons (Fsp3) is 0.286. The molecule has 1 aliphatic rings. The van der Waals surface area contributed by atoms with E-state index < -0.39 is 0 Å². The zero-order valence-electron chi connectivity index (χ0n) is 9.69. The molecule has 3 rings (SSSR count). The normalized spacial score (nSPS) is 13.6. The second kappa shape index (κ2) is 4.63. The monoisotopic (exact) mass is 225 g/mol. The maximum absolute atomic E-state index is 4.59. The summed E-state index contributed by atoms with van der Waals surface area (Å²) in [5.74, 6) is 0.955. The lowest BCUT2D eigenvalue weighted by Crippen LogP contribution is -2.02. The van der Waals surface area contributed by atoms with Gasteiger partial charge in [0.15, 0.2) is 0 Å². The third-order valence-corrected chi connectivity index (χ3v) is 3.09. The van der Waals surface area contributed by atoms with Gasteiger partial charge in [0.25, 0.3) is 0 Å². The Morgan fingerprint density at radius 2 is 1.94 bits per heavy atom. The first-order valence-electron chi connectivity index (χ1n) is 6.00. The van der Waals surface area contributed by atoms with Crippen molar-refractivity contribution >= 4 is 0 Å². The van der Waals surface area contributed by atoms with Crippen molar-refractivity contribution in [2.45, 2.75) is 25.9 Å². The van der Waals surface area contributed by atoms with Crippen molar-refractivity contribution in [2.75, 3.05) is 0 Å². The van der Waals surface area contributed by atoms with E-state index in [1.165, 1.54) is 16.8 Å². The van der Waals surface area contributed by atoms with Crippen LogP contribution in [-0.4, -0.2) is 9.97 Å². The van der Waals surface area contributed by atoms with Crippen molar-refractivity contribution in [1.82, 2.24) is 15.3 Å². The zero-order chi connectivity index (χ0) is 11.5. The van der Waals surface area contributed by atoms with Crippen LogP contribution in [-0.2, 0) is 25.9 Å². The van der Waals surface area contributed by atoms with Gasteiger partial charge in [0.1, 0.15) is 5.82 Å². The minimum Gasteiger partial charge on any atom is -0.307 e. The lowest BCUT2D eigenvalue weighted by Gasteiger charge is -2.03. The van der Waals surface area contributed by atoms with Gasteiger partial charge in [-0.05, 0) is 12.0 Å². The highest BCUT2D eigenvalue weighted by molar-refractivity contribution is 5.22.